The third-order valence-electron chi connectivity index (χ3n) is 3.72. The Morgan fingerprint density at radius 1 is 1.19 bits per heavy atom. The molecule has 0 aromatic carbocycles. The van der Waals surface area contributed by atoms with Crippen LogP contribution in [-0.4, -0.2) is 17.0 Å². The van der Waals surface area contributed by atoms with Crippen molar-refractivity contribution in [1.29, 1.82) is 0 Å². The molecule has 3 rings (SSSR count). The number of nitrogens with zero attached hydrogens (tertiary/aromatic N) is 2. The van der Waals surface area contributed by atoms with Crippen molar-refractivity contribution in [2.75, 3.05) is 12.4 Å². The number of anilines is 1. The van der Waals surface area contributed by atoms with Crippen LogP contribution in [0.1, 0.15) is 37.3 Å². The van der Waals surface area contributed by atoms with Gasteiger partial charge in [-0.2, -0.15) is 0 Å². The van der Waals surface area contributed by atoms with Crippen molar-refractivity contribution in [2.24, 2.45) is 0 Å². The lowest BCUT2D eigenvalue weighted by Crippen LogP contribution is -2.05. The van der Waals surface area contributed by atoms with Gasteiger partial charge in [0.25, 0.3) is 0 Å². The van der Waals surface area contributed by atoms with Crippen LogP contribution in [0, 0.1) is 0 Å². The summed E-state index contributed by atoms with van der Waals surface area (Å²) in [7, 11) is 1.86. The van der Waals surface area contributed by atoms with Crippen molar-refractivity contribution in [3.8, 4) is 11.6 Å². The van der Waals surface area contributed by atoms with E-state index >= 15 is 0 Å². The lowest BCUT2D eigenvalue weighted by molar-refractivity contribution is 0.548. The van der Waals surface area contributed by atoms with E-state index in [1.54, 1.807) is 0 Å². The maximum absolute atomic E-state index is 5.66. The van der Waals surface area contributed by atoms with Crippen molar-refractivity contribution in [3.63, 3.8) is 0 Å². The van der Waals surface area contributed by atoms with Gasteiger partial charge in [0.15, 0.2) is 16.3 Å². The highest BCUT2D eigenvalue weighted by Gasteiger charge is 2.25. The van der Waals surface area contributed by atoms with Crippen LogP contribution in [0.2, 0.25) is 0 Å². The van der Waals surface area contributed by atoms with Gasteiger partial charge in [0.2, 0.25) is 0 Å². The lowest BCUT2D eigenvalue weighted by atomic mass is 10.0. The van der Waals surface area contributed by atoms with Crippen molar-refractivity contribution < 1.29 is 4.42 Å². The predicted octanol–water partition coefficient (Wildman–Crippen LogP) is 5.72. The van der Waals surface area contributed by atoms with Crippen LogP contribution < -0.4 is 5.32 Å². The van der Waals surface area contributed by atoms with Crippen LogP contribution in [-0.2, 0) is 0 Å². The minimum atomic E-state index is 0.495. The first-order valence-corrected chi connectivity index (χ1v) is 9.18. The molecule has 0 atom stereocenters. The van der Waals surface area contributed by atoms with Gasteiger partial charge >= 0.3 is 0 Å². The Hall–Kier alpha value is -0.400. The summed E-state index contributed by atoms with van der Waals surface area (Å²) in [5.41, 5.74) is 1.07. The summed E-state index contributed by atoms with van der Waals surface area (Å²) in [6, 6.07) is 1.88. The summed E-state index contributed by atoms with van der Waals surface area (Å²) in [6.45, 7) is 0. The SMILES string of the molecule is CNc1nc(-c2cc(Br)c(Br)o2)nc(C2CCCC2)c1Br. The molecule has 1 aliphatic rings. The molecule has 7 heteroatoms. The van der Waals surface area contributed by atoms with Gasteiger partial charge in [-0.3, -0.25) is 0 Å². The molecule has 1 saturated carbocycles. The van der Waals surface area contributed by atoms with Crippen LogP contribution in [0.5, 0.6) is 0 Å². The highest BCUT2D eigenvalue weighted by atomic mass is 79.9. The third kappa shape index (κ3) is 3.05. The standard InChI is InChI=1S/C14H14Br3N3O/c1-18-14-10(16)11(7-4-2-3-5-7)19-13(20-14)9-6-8(15)12(17)21-9/h6-7H,2-5H2,1H3,(H,18,19,20). The molecule has 2 heterocycles. The van der Waals surface area contributed by atoms with Crippen molar-refractivity contribution in [2.45, 2.75) is 31.6 Å². The molecule has 112 valence electrons. The van der Waals surface area contributed by atoms with Gasteiger partial charge in [-0.25, -0.2) is 9.97 Å². The molecule has 0 aliphatic heterocycles. The molecule has 2 aromatic rings. The zero-order valence-corrected chi connectivity index (χ0v) is 16.2. The molecule has 0 bridgehead atoms. The topological polar surface area (TPSA) is 51.0 Å². The van der Waals surface area contributed by atoms with E-state index in [9.17, 15) is 0 Å². The van der Waals surface area contributed by atoms with Gasteiger partial charge < -0.3 is 9.73 Å². The fraction of sp³-hybridized carbons (Fsp3) is 0.429. The lowest BCUT2D eigenvalue weighted by Gasteiger charge is -2.14. The van der Waals surface area contributed by atoms with E-state index in [0.717, 1.165) is 20.5 Å². The summed E-state index contributed by atoms with van der Waals surface area (Å²) in [6.07, 6.45) is 4.90. The van der Waals surface area contributed by atoms with Gasteiger partial charge in [-0.05, 0) is 60.6 Å². The molecule has 0 unspecified atom stereocenters. The average molecular weight is 480 g/mol. The molecule has 4 nitrogen and oxygen atoms in total. The molecule has 21 heavy (non-hydrogen) atoms. The Kier molecular flexibility index (Phi) is 4.71. The third-order valence-corrected chi connectivity index (χ3v) is 6.21. The Balaban J connectivity index is 2.10. The maximum Gasteiger partial charge on any atom is 0.198 e. The number of hydrogen-bond donors (Lipinski definition) is 1. The number of halogens is 3. The largest absolute Gasteiger partial charge is 0.445 e. The van der Waals surface area contributed by atoms with E-state index in [-0.39, 0.29) is 0 Å². The summed E-state index contributed by atoms with van der Waals surface area (Å²) in [4.78, 5) is 9.30. The van der Waals surface area contributed by atoms with Crippen LogP contribution in [0.15, 0.2) is 24.1 Å². The van der Waals surface area contributed by atoms with E-state index in [4.69, 9.17) is 9.40 Å². The zero-order chi connectivity index (χ0) is 15.0. The van der Waals surface area contributed by atoms with Crippen LogP contribution in [0.3, 0.4) is 0 Å². The second kappa shape index (κ2) is 6.38. The van der Waals surface area contributed by atoms with Crippen molar-refractivity contribution >= 4 is 53.6 Å². The van der Waals surface area contributed by atoms with Gasteiger partial charge in [0.05, 0.1) is 14.6 Å². The summed E-state index contributed by atoms with van der Waals surface area (Å²) in [5.74, 6) is 2.55. The number of aromatic nitrogens is 2. The normalized spacial score (nSPS) is 15.6. The van der Waals surface area contributed by atoms with E-state index in [0.29, 0.717) is 22.2 Å². The van der Waals surface area contributed by atoms with Crippen LogP contribution in [0.25, 0.3) is 11.6 Å². The van der Waals surface area contributed by atoms with Crippen LogP contribution >= 0.6 is 47.8 Å². The van der Waals surface area contributed by atoms with E-state index in [1.807, 2.05) is 13.1 Å². The minimum absolute atomic E-state index is 0.495. The first-order chi connectivity index (χ1) is 10.1. The Bertz CT molecular complexity index is 646. The smallest absolute Gasteiger partial charge is 0.198 e. The molecule has 0 amide bonds. The molecule has 0 spiro atoms. The highest BCUT2D eigenvalue weighted by molar-refractivity contribution is 9.13. The fourth-order valence-corrected chi connectivity index (χ4v) is 3.94. The molecule has 2 aromatic heterocycles. The van der Waals surface area contributed by atoms with E-state index in [2.05, 4.69) is 58.1 Å². The molecule has 1 fully saturated rings. The van der Waals surface area contributed by atoms with Gasteiger partial charge in [-0.1, -0.05) is 12.8 Å². The monoisotopic (exact) mass is 477 g/mol. The molecular weight excluding hydrogens is 466 g/mol. The van der Waals surface area contributed by atoms with Crippen LogP contribution in [0.4, 0.5) is 5.82 Å². The second-order valence-corrected chi connectivity index (χ2v) is 7.43. The summed E-state index contributed by atoms with van der Waals surface area (Å²) in [5, 5.41) is 3.13. The highest BCUT2D eigenvalue weighted by Crippen LogP contribution is 2.40. The average Bonchev–Trinajstić information content (AvgIpc) is 3.10. The molecular formula is C14H14Br3N3O. The number of hydrogen-bond acceptors (Lipinski definition) is 4. The summed E-state index contributed by atoms with van der Waals surface area (Å²) >= 11 is 10.4. The van der Waals surface area contributed by atoms with Crippen molar-refractivity contribution in [1.82, 2.24) is 9.97 Å². The van der Waals surface area contributed by atoms with Gasteiger partial charge in [0, 0.05) is 19.0 Å². The Morgan fingerprint density at radius 3 is 2.48 bits per heavy atom. The predicted molar refractivity (Wildman–Crippen MR) is 93.6 cm³/mol. The molecule has 1 aliphatic carbocycles. The number of rotatable bonds is 3. The molecule has 0 saturated heterocycles. The maximum atomic E-state index is 5.66. The van der Waals surface area contributed by atoms with E-state index < -0.39 is 0 Å². The van der Waals surface area contributed by atoms with E-state index in [1.165, 1.54) is 25.7 Å². The first-order valence-electron chi connectivity index (χ1n) is 6.80. The van der Waals surface area contributed by atoms with Gasteiger partial charge in [-0.15, -0.1) is 0 Å². The minimum Gasteiger partial charge on any atom is -0.445 e. The van der Waals surface area contributed by atoms with Crippen molar-refractivity contribution in [3.05, 3.63) is 25.4 Å². The fourth-order valence-electron chi connectivity index (χ4n) is 2.67. The Labute approximate surface area is 148 Å². The zero-order valence-electron chi connectivity index (χ0n) is 11.4. The number of nitrogens with one attached hydrogen (secondary N) is 1. The first kappa shape index (κ1) is 15.5. The molecule has 1 N–H and O–H groups in total. The Morgan fingerprint density at radius 2 is 1.90 bits per heavy atom. The summed E-state index contributed by atoms with van der Waals surface area (Å²) < 4.78 is 8.13. The quantitative estimate of drug-likeness (QED) is 0.611. The molecule has 0 radical (unpaired) electrons. The van der Waals surface area contributed by atoms with Gasteiger partial charge in [0.1, 0.15) is 5.82 Å². The number of furan rings is 1. The second-order valence-electron chi connectivity index (χ2n) is 5.06.